The predicted molar refractivity (Wildman–Crippen MR) is 136 cm³/mol. The summed E-state index contributed by atoms with van der Waals surface area (Å²) in [6, 6.07) is 21.8. The van der Waals surface area contributed by atoms with Crippen LogP contribution in [0, 0.1) is 12.7 Å². The number of aryl methyl sites for hydroxylation is 2. The summed E-state index contributed by atoms with van der Waals surface area (Å²) in [5.74, 6) is -1.91. The van der Waals surface area contributed by atoms with Crippen molar-refractivity contribution < 1.29 is 19.5 Å². The van der Waals surface area contributed by atoms with Crippen LogP contribution in [0.1, 0.15) is 45.0 Å². The number of hydrogen-bond donors (Lipinski definition) is 2. The van der Waals surface area contributed by atoms with Gasteiger partial charge in [0.2, 0.25) is 5.56 Å². The van der Waals surface area contributed by atoms with Gasteiger partial charge in [-0.05, 0) is 59.0 Å². The smallest absolute Gasteiger partial charge is 0.335 e. The molecular weight excluding hydrogens is 459 g/mol. The highest BCUT2D eigenvalue weighted by Gasteiger charge is 2.23. The molecule has 0 spiro atoms. The predicted octanol–water partition coefficient (Wildman–Crippen LogP) is 5.60. The number of carboxylic acid groups (broad SMARTS) is 1. The van der Waals surface area contributed by atoms with Crippen LogP contribution >= 0.6 is 0 Å². The SMILES string of the molecule is Cc1ccccc1C(CC(=NO)c1ccc(=O)n(C)c1)c1ccc(-c2ccc(C(=O)O)cc2)cc1F. The highest BCUT2D eigenvalue weighted by Crippen LogP contribution is 2.35. The van der Waals surface area contributed by atoms with Crippen molar-refractivity contribution >= 4 is 11.7 Å². The molecule has 0 saturated carbocycles. The van der Waals surface area contributed by atoms with Crippen molar-refractivity contribution in [3.8, 4) is 11.1 Å². The maximum atomic E-state index is 15.6. The van der Waals surface area contributed by atoms with Gasteiger partial charge in [0.1, 0.15) is 5.82 Å². The summed E-state index contributed by atoms with van der Waals surface area (Å²) in [4.78, 5) is 23.0. The minimum Gasteiger partial charge on any atom is -0.478 e. The lowest BCUT2D eigenvalue weighted by Crippen LogP contribution is -2.18. The summed E-state index contributed by atoms with van der Waals surface area (Å²) in [5, 5.41) is 22.5. The second-order valence-corrected chi connectivity index (χ2v) is 8.65. The molecule has 6 nitrogen and oxygen atoms in total. The fourth-order valence-electron chi connectivity index (χ4n) is 4.33. The number of aromatic nitrogens is 1. The molecule has 2 N–H and O–H groups in total. The van der Waals surface area contributed by atoms with Gasteiger partial charge in [0, 0.05) is 37.2 Å². The van der Waals surface area contributed by atoms with Crippen molar-refractivity contribution in [1.82, 2.24) is 4.57 Å². The molecule has 7 heteroatoms. The van der Waals surface area contributed by atoms with Crippen LogP contribution in [0.2, 0.25) is 0 Å². The topological polar surface area (TPSA) is 91.9 Å². The molecule has 0 bridgehead atoms. The molecule has 0 fully saturated rings. The lowest BCUT2D eigenvalue weighted by atomic mass is 9.83. The summed E-state index contributed by atoms with van der Waals surface area (Å²) in [7, 11) is 1.61. The molecule has 3 aromatic carbocycles. The van der Waals surface area contributed by atoms with Crippen LogP contribution in [0.4, 0.5) is 4.39 Å². The molecule has 1 atom stereocenters. The van der Waals surface area contributed by atoms with Gasteiger partial charge < -0.3 is 14.9 Å². The zero-order chi connectivity index (χ0) is 25.8. The number of carbonyl (C=O) groups is 1. The van der Waals surface area contributed by atoms with Crippen molar-refractivity contribution in [3.05, 3.63) is 129 Å². The quantitative estimate of drug-likeness (QED) is 0.203. The lowest BCUT2D eigenvalue weighted by molar-refractivity contribution is 0.0697. The number of nitrogens with zero attached hydrogens (tertiary/aromatic N) is 2. The molecule has 0 radical (unpaired) electrons. The fourth-order valence-corrected chi connectivity index (χ4v) is 4.33. The summed E-state index contributed by atoms with van der Waals surface area (Å²) in [5.41, 5.74) is 4.45. The zero-order valence-electron chi connectivity index (χ0n) is 19.9. The average Bonchev–Trinajstić information content (AvgIpc) is 2.87. The van der Waals surface area contributed by atoms with Gasteiger partial charge in [-0.15, -0.1) is 0 Å². The molecule has 0 aliphatic rings. The second kappa shape index (κ2) is 10.4. The van der Waals surface area contributed by atoms with Gasteiger partial charge in [-0.2, -0.15) is 0 Å². The van der Waals surface area contributed by atoms with Crippen molar-refractivity contribution in [2.45, 2.75) is 19.3 Å². The van der Waals surface area contributed by atoms with E-state index in [0.717, 1.165) is 11.1 Å². The standard InChI is InChI=1S/C29H25FN2O4/c1-18-5-3-4-6-23(18)25(16-27(31-36)22-12-14-28(33)32(2)17-22)24-13-11-21(15-26(24)30)19-7-9-20(10-8-19)29(34)35/h3-15,17,25,36H,16H2,1-2H3,(H,34,35). The van der Waals surface area contributed by atoms with E-state index in [2.05, 4.69) is 5.16 Å². The van der Waals surface area contributed by atoms with Crippen molar-refractivity contribution in [2.75, 3.05) is 0 Å². The summed E-state index contributed by atoms with van der Waals surface area (Å²) >= 11 is 0. The fraction of sp³-hybridized carbons (Fsp3) is 0.138. The van der Waals surface area contributed by atoms with Crippen LogP contribution in [0.5, 0.6) is 0 Å². The van der Waals surface area contributed by atoms with E-state index in [1.54, 1.807) is 43.6 Å². The molecule has 36 heavy (non-hydrogen) atoms. The van der Waals surface area contributed by atoms with Gasteiger partial charge >= 0.3 is 5.97 Å². The molecule has 0 saturated heterocycles. The average molecular weight is 485 g/mol. The van der Waals surface area contributed by atoms with Crippen molar-refractivity contribution in [2.24, 2.45) is 12.2 Å². The first-order valence-corrected chi connectivity index (χ1v) is 11.3. The third-order valence-corrected chi connectivity index (χ3v) is 6.34. The number of oxime groups is 1. The molecule has 182 valence electrons. The van der Waals surface area contributed by atoms with E-state index in [9.17, 15) is 14.8 Å². The largest absolute Gasteiger partial charge is 0.478 e. The number of pyridine rings is 1. The summed E-state index contributed by atoms with van der Waals surface area (Å²) in [6.45, 7) is 1.95. The zero-order valence-corrected chi connectivity index (χ0v) is 19.9. The van der Waals surface area contributed by atoms with Crippen molar-refractivity contribution in [1.29, 1.82) is 0 Å². The molecular formula is C29H25FN2O4. The number of rotatable bonds is 7. The normalized spacial score (nSPS) is 12.4. The van der Waals surface area contributed by atoms with Gasteiger partial charge in [0.05, 0.1) is 11.3 Å². The maximum absolute atomic E-state index is 15.6. The van der Waals surface area contributed by atoms with Crippen LogP contribution in [0.25, 0.3) is 11.1 Å². The first-order valence-electron chi connectivity index (χ1n) is 11.3. The van der Waals surface area contributed by atoms with Crippen LogP contribution in [-0.2, 0) is 7.05 Å². The number of carboxylic acids is 1. The Hall–Kier alpha value is -4.52. The van der Waals surface area contributed by atoms with E-state index in [0.29, 0.717) is 28.0 Å². The van der Waals surface area contributed by atoms with Gasteiger partial charge in [0.15, 0.2) is 0 Å². The molecule has 0 amide bonds. The van der Waals surface area contributed by atoms with Gasteiger partial charge in [-0.25, -0.2) is 9.18 Å². The van der Waals surface area contributed by atoms with Gasteiger partial charge in [-0.1, -0.05) is 53.7 Å². The second-order valence-electron chi connectivity index (χ2n) is 8.65. The van der Waals surface area contributed by atoms with E-state index in [1.807, 2.05) is 31.2 Å². The first kappa shape index (κ1) is 24.6. The Labute approximate surface area is 207 Å². The number of aromatic carboxylic acids is 1. The van der Waals surface area contributed by atoms with Crippen molar-refractivity contribution in [3.63, 3.8) is 0 Å². The molecule has 0 aliphatic carbocycles. The molecule has 1 heterocycles. The third kappa shape index (κ3) is 5.10. The minimum atomic E-state index is -1.02. The number of halogens is 1. The molecule has 1 unspecified atom stereocenters. The van der Waals surface area contributed by atoms with E-state index in [-0.39, 0.29) is 17.5 Å². The Balaban J connectivity index is 1.75. The molecule has 4 rings (SSSR count). The van der Waals surface area contributed by atoms with Crippen LogP contribution in [0.15, 0.2) is 95.0 Å². The van der Waals surface area contributed by atoms with Crippen LogP contribution in [0.3, 0.4) is 0 Å². The van der Waals surface area contributed by atoms with Gasteiger partial charge in [-0.3, -0.25) is 4.79 Å². The monoisotopic (exact) mass is 484 g/mol. The summed E-state index contributed by atoms with van der Waals surface area (Å²) < 4.78 is 17.0. The number of benzene rings is 3. The molecule has 0 aliphatic heterocycles. The first-order chi connectivity index (χ1) is 17.3. The minimum absolute atomic E-state index is 0.157. The van der Waals surface area contributed by atoms with Gasteiger partial charge in [0.25, 0.3) is 0 Å². The van der Waals surface area contributed by atoms with E-state index in [1.165, 1.54) is 28.8 Å². The Bertz CT molecular complexity index is 1510. The van der Waals surface area contributed by atoms with E-state index >= 15 is 4.39 Å². The van der Waals surface area contributed by atoms with E-state index < -0.39 is 17.7 Å². The molecule has 4 aromatic rings. The Morgan fingerprint density at radius 3 is 2.22 bits per heavy atom. The highest BCUT2D eigenvalue weighted by atomic mass is 19.1. The summed E-state index contributed by atoms with van der Waals surface area (Å²) in [6.07, 6.45) is 1.79. The lowest BCUT2D eigenvalue weighted by Gasteiger charge is -2.22. The van der Waals surface area contributed by atoms with Crippen LogP contribution < -0.4 is 5.56 Å². The molecule has 1 aromatic heterocycles. The third-order valence-electron chi connectivity index (χ3n) is 6.34. The highest BCUT2D eigenvalue weighted by molar-refractivity contribution is 6.00. The Morgan fingerprint density at radius 1 is 0.944 bits per heavy atom. The van der Waals surface area contributed by atoms with Crippen LogP contribution in [-0.4, -0.2) is 26.6 Å². The Morgan fingerprint density at radius 2 is 1.61 bits per heavy atom. The van der Waals surface area contributed by atoms with E-state index in [4.69, 9.17) is 5.11 Å². The Kier molecular flexibility index (Phi) is 7.10. The number of hydrogen-bond acceptors (Lipinski definition) is 4. The maximum Gasteiger partial charge on any atom is 0.335 e.